The number of rotatable bonds is 6. The van der Waals surface area contributed by atoms with E-state index in [-0.39, 0.29) is 22.5 Å². The van der Waals surface area contributed by atoms with Gasteiger partial charge in [-0.3, -0.25) is 9.52 Å². The fourth-order valence-corrected chi connectivity index (χ4v) is 5.34. The van der Waals surface area contributed by atoms with Crippen molar-refractivity contribution in [3.63, 3.8) is 0 Å². The number of benzene rings is 2. The third-order valence-electron chi connectivity index (χ3n) is 6.07. The molecule has 9 heteroatoms. The Bertz CT molecular complexity index is 1260. The van der Waals surface area contributed by atoms with Gasteiger partial charge in [0, 0.05) is 24.3 Å². The lowest BCUT2D eigenvalue weighted by Gasteiger charge is -2.17. The minimum absolute atomic E-state index is 0.0785. The molecular formula is C25H30N4O4S. The van der Waals surface area contributed by atoms with E-state index in [0.29, 0.717) is 35.8 Å². The molecule has 8 nitrogen and oxygen atoms in total. The van der Waals surface area contributed by atoms with E-state index in [1.165, 1.54) is 6.07 Å². The third kappa shape index (κ3) is 5.30. The van der Waals surface area contributed by atoms with Crippen LogP contribution in [0.15, 0.2) is 51.9 Å². The average molecular weight is 483 g/mol. The van der Waals surface area contributed by atoms with Gasteiger partial charge in [0.05, 0.1) is 4.90 Å². The van der Waals surface area contributed by atoms with Gasteiger partial charge in [0.2, 0.25) is 5.82 Å². The molecule has 1 saturated heterocycles. The summed E-state index contributed by atoms with van der Waals surface area (Å²) in [5.41, 5.74) is 2.65. The molecule has 1 aliphatic heterocycles. The minimum atomic E-state index is -3.85. The first-order valence-corrected chi connectivity index (χ1v) is 13.1. The van der Waals surface area contributed by atoms with Crippen molar-refractivity contribution in [1.82, 2.24) is 15.0 Å². The third-order valence-corrected chi connectivity index (χ3v) is 7.59. The average Bonchev–Trinajstić information content (AvgIpc) is 3.14. The number of amides is 1. The molecule has 0 bridgehead atoms. The van der Waals surface area contributed by atoms with Crippen LogP contribution < -0.4 is 4.72 Å². The number of nitrogens with one attached hydrogen (secondary N) is 1. The molecule has 0 radical (unpaired) electrons. The Morgan fingerprint density at radius 2 is 1.71 bits per heavy atom. The molecule has 0 saturated carbocycles. The van der Waals surface area contributed by atoms with E-state index >= 15 is 0 Å². The minimum Gasteiger partial charge on any atom is -0.334 e. The van der Waals surface area contributed by atoms with Gasteiger partial charge in [-0.1, -0.05) is 56.1 Å². The highest BCUT2D eigenvalue weighted by molar-refractivity contribution is 7.92. The number of aromatic nitrogens is 2. The van der Waals surface area contributed by atoms with Crippen molar-refractivity contribution in [3.8, 4) is 11.4 Å². The highest BCUT2D eigenvalue weighted by atomic mass is 32.2. The number of nitrogens with zero attached hydrogens (tertiary/aromatic N) is 3. The zero-order valence-electron chi connectivity index (χ0n) is 19.7. The lowest BCUT2D eigenvalue weighted by molar-refractivity contribution is 0.0711. The summed E-state index contributed by atoms with van der Waals surface area (Å²) in [5, 5.41) is 3.94. The largest absolute Gasteiger partial charge is 0.334 e. The van der Waals surface area contributed by atoms with Gasteiger partial charge < -0.3 is 9.42 Å². The molecule has 2 aromatic carbocycles. The fraction of sp³-hybridized carbons (Fsp3) is 0.400. The number of carbonyl (C=O) groups is 1. The Labute approximate surface area is 200 Å². The summed E-state index contributed by atoms with van der Waals surface area (Å²) in [7, 11) is -3.85. The Kier molecular flexibility index (Phi) is 7.02. The monoisotopic (exact) mass is 482 g/mol. The van der Waals surface area contributed by atoms with Crippen molar-refractivity contribution in [3.05, 3.63) is 59.5 Å². The van der Waals surface area contributed by atoms with Crippen molar-refractivity contribution in [1.29, 1.82) is 0 Å². The van der Waals surface area contributed by atoms with Gasteiger partial charge in [-0.25, -0.2) is 8.42 Å². The molecular weight excluding hydrogens is 452 g/mol. The Balaban J connectivity index is 1.56. The Hall–Kier alpha value is -3.20. The van der Waals surface area contributed by atoms with E-state index in [0.717, 1.165) is 31.2 Å². The van der Waals surface area contributed by atoms with Gasteiger partial charge in [-0.2, -0.15) is 4.98 Å². The van der Waals surface area contributed by atoms with Gasteiger partial charge in [0.25, 0.3) is 10.0 Å². The van der Waals surface area contributed by atoms with Gasteiger partial charge in [-0.15, -0.1) is 0 Å². The van der Waals surface area contributed by atoms with Crippen molar-refractivity contribution in [2.45, 2.75) is 57.3 Å². The smallest absolute Gasteiger partial charge is 0.316 e. The van der Waals surface area contributed by atoms with Crippen LogP contribution in [-0.4, -0.2) is 42.5 Å². The summed E-state index contributed by atoms with van der Waals surface area (Å²) in [4.78, 5) is 18.9. The molecule has 1 aliphatic rings. The highest BCUT2D eigenvalue weighted by Crippen LogP contribution is 2.26. The van der Waals surface area contributed by atoms with Crippen LogP contribution in [0.2, 0.25) is 0 Å². The van der Waals surface area contributed by atoms with Crippen LogP contribution in [0.5, 0.6) is 0 Å². The van der Waals surface area contributed by atoms with Crippen molar-refractivity contribution >= 4 is 21.6 Å². The van der Waals surface area contributed by atoms with E-state index < -0.39 is 10.0 Å². The van der Waals surface area contributed by atoms with E-state index in [2.05, 4.69) is 28.7 Å². The molecule has 0 unspecified atom stereocenters. The molecule has 1 fully saturated rings. The predicted molar refractivity (Wildman–Crippen MR) is 130 cm³/mol. The van der Waals surface area contributed by atoms with Crippen molar-refractivity contribution in [2.75, 3.05) is 17.8 Å². The predicted octanol–water partition coefficient (Wildman–Crippen LogP) is 4.99. The summed E-state index contributed by atoms with van der Waals surface area (Å²) in [6.07, 6.45) is 4.13. The molecule has 1 amide bonds. The molecule has 0 atom stereocenters. The van der Waals surface area contributed by atoms with Gasteiger partial charge in [0.15, 0.2) is 0 Å². The summed E-state index contributed by atoms with van der Waals surface area (Å²) >= 11 is 0. The lowest BCUT2D eigenvalue weighted by Crippen LogP contribution is -2.32. The molecule has 2 heterocycles. The maximum atomic E-state index is 13.1. The number of anilines is 1. The summed E-state index contributed by atoms with van der Waals surface area (Å²) < 4.78 is 34.2. The maximum absolute atomic E-state index is 13.1. The second-order valence-corrected chi connectivity index (χ2v) is 10.6. The van der Waals surface area contributed by atoms with E-state index in [4.69, 9.17) is 4.52 Å². The topological polar surface area (TPSA) is 105 Å². The number of hydrogen-bond acceptors (Lipinski definition) is 6. The Morgan fingerprint density at radius 3 is 2.35 bits per heavy atom. The maximum Gasteiger partial charge on any atom is 0.316 e. The number of hydrogen-bond donors (Lipinski definition) is 1. The number of likely N-dealkylation sites (tertiary alicyclic amines) is 1. The normalized spacial score (nSPS) is 14.8. The first-order valence-electron chi connectivity index (χ1n) is 11.6. The lowest BCUT2D eigenvalue weighted by atomic mass is 10.0. The first kappa shape index (κ1) is 23.9. The molecule has 3 aromatic rings. The van der Waals surface area contributed by atoms with E-state index in [1.54, 1.807) is 36.1 Å². The molecule has 4 rings (SSSR count). The van der Waals surface area contributed by atoms with Crippen LogP contribution in [0, 0.1) is 6.92 Å². The standard InChI is InChI=1S/C25H30N4O4S/c1-17(2)19-10-12-21(13-11-19)28-34(31,32)22-16-20(9-8-18(22)3)23-26-24(33-27-23)25(30)29-14-6-4-5-7-15-29/h8-13,16-17,28H,4-7,14-15H2,1-3H3. The molecule has 1 N–H and O–H groups in total. The zero-order valence-corrected chi connectivity index (χ0v) is 20.6. The SMILES string of the molecule is Cc1ccc(-c2noc(C(=O)N3CCCCCC3)n2)cc1S(=O)(=O)Nc1ccc(C(C)C)cc1. The Morgan fingerprint density at radius 1 is 1.03 bits per heavy atom. The van der Waals surface area contributed by atoms with Crippen molar-refractivity contribution < 1.29 is 17.7 Å². The highest BCUT2D eigenvalue weighted by Gasteiger charge is 2.24. The summed E-state index contributed by atoms with van der Waals surface area (Å²) in [6.45, 7) is 7.24. The van der Waals surface area contributed by atoms with Crippen LogP contribution in [0.1, 0.15) is 67.3 Å². The van der Waals surface area contributed by atoms with E-state index in [9.17, 15) is 13.2 Å². The van der Waals surface area contributed by atoms with Crippen LogP contribution in [0.3, 0.4) is 0 Å². The second kappa shape index (κ2) is 9.97. The molecule has 34 heavy (non-hydrogen) atoms. The zero-order chi connectivity index (χ0) is 24.3. The molecule has 0 aliphatic carbocycles. The quantitative estimate of drug-likeness (QED) is 0.531. The van der Waals surface area contributed by atoms with Gasteiger partial charge >= 0.3 is 11.8 Å². The van der Waals surface area contributed by atoms with Gasteiger partial charge in [-0.05, 0) is 55.0 Å². The van der Waals surface area contributed by atoms with Crippen LogP contribution >= 0.6 is 0 Å². The number of sulfonamides is 1. The molecule has 0 spiro atoms. The van der Waals surface area contributed by atoms with Crippen LogP contribution in [0.25, 0.3) is 11.4 Å². The first-order chi connectivity index (χ1) is 16.2. The van der Waals surface area contributed by atoms with Gasteiger partial charge in [0.1, 0.15) is 0 Å². The fourth-order valence-electron chi connectivity index (χ4n) is 4.01. The second-order valence-electron chi connectivity index (χ2n) is 8.99. The summed E-state index contributed by atoms with van der Waals surface area (Å²) in [6, 6.07) is 12.3. The molecule has 180 valence electrons. The van der Waals surface area contributed by atoms with E-state index in [1.807, 2.05) is 12.1 Å². The summed E-state index contributed by atoms with van der Waals surface area (Å²) in [5.74, 6) is 0.170. The number of carbonyl (C=O) groups excluding carboxylic acids is 1. The van der Waals surface area contributed by atoms with Crippen molar-refractivity contribution in [2.24, 2.45) is 0 Å². The molecule has 1 aromatic heterocycles. The van der Waals surface area contributed by atoms with Crippen LogP contribution in [0.4, 0.5) is 5.69 Å². The van der Waals surface area contributed by atoms with Crippen LogP contribution in [-0.2, 0) is 10.0 Å². The number of aryl methyl sites for hydroxylation is 1.